The second kappa shape index (κ2) is 5.33. The Morgan fingerprint density at radius 2 is 1.96 bits per heavy atom. The zero-order chi connectivity index (χ0) is 16.8. The second-order valence-electron chi connectivity index (χ2n) is 6.84. The van der Waals surface area contributed by atoms with E-state index in [0.717, 1.165) is 0 Å². The molecule has 0 aromatic carbocycles. The topological polar surface area (TPSA) is 80.0 Å². The maximum Gasteiger partial charge on any atom is 0.266 e. The third-order valence-corrected chi connectivity index (χ3v) is 3.71. The molecule has 23 heavy (non-hydrogen) atoms. The van der Waals surface area contributed by atoms with Crippen molar-refractivity contribution in [2.45, 2.75) is 45.1 Å². The van der Waals surface area contributed by atoms with E-state index in [1.807, 2.05) is 20.8 Å². The quantitative estimate of drug-likeness (QED) is 0.917. The van der Waals surface area contributed by atoms with Crippen LogP contribution in [0.5, 0.6) is 0 Å². The highest BCUT2D eigenvalue weighted by atomic mass is 19.3. The van der Waals surface area contributed by atoms with Crippen LogP contribution in [0.25, 0.3) is 11.2 Å². The van der Waals surface area contributed by atoms with Gasteiger partial charge in [-0.3, -0.25) is 0 Å². The van der Waals surface area contributed by atoms with E-state index in [9.17, 15) is 8.78 Å². The Hall–Kier alpha value is -1.90. The summed E-state index contributed by atoms with van der Waals surface area (Å²) in [4.78, 5) is 11.8. The maximum absolute atomic E-state index is 13.6. The van der Waals surface area contributed by atoms with Gasteiger partial charge in [-0.05, 0) is 0 Å². The van der Waals surface area contributed by atoms with Crippen molar-refractivity contribution in [3.05, 3.63) is 5.82 Å². The monoisotopic (exact) mass is 326 g/mol. The van der Waals surface area contributed by atoms with Crippen LogP contribution in [0, 0.1) is 0 Å². The smallest absolute Gasteiger partial charge is 0.266 e. The Labute approximate surface area is 132 Å². The van der Waals surface area contributed by atoms with E-state index < -0.39 is 5.92 Å². The molecule has 0 radical (unpaired) electrons. The molecular formula is C14H20F2N6O. The molecular weight excluding hydrogens is 306 g/mol. The molecule has 0 spiro atoms. The van der Waals surface area contributed by atoms with Crippen LogP contribution in [0.1, 0.15) is 33.0 Å². The third kappa shape index (κ3) is 3.10. The molecule has 1 fully saturated rings. The number of hydrogen-bond acceptors (Lipinski definition) is 6. The van der Waals surface area contributed by atoms with Gasteiger partial charge >= 0.3 is 0 Å². The van der Waals surface area contributed by atoms with Gasteiger partial charge in [-0.1, -0.05) is 20.8 Å². The van der Waals surface area contributed by atoms with Crippen LogP contribution in [-0.4, -0.2) is 55.7 Å². The molecule has 1 aliphatic heterocycles. The first kappa shape index (κ1) is 16.0. The zero-order valence-electron chi connectivity index (χ0n) is 13.4. The van der Waals surface area contributed by atoms with Crippen LogP contribution in [0.2, 0.25) is 0 Å². The van der Waals surface area contributed by atoms with Gasteiger partial charge in [0.1, 0.15) is 5.82 Å². The van der Waals surface area contributed by atoms with E-state index in [1.165, 1.54) is 9.70 Å². The molecule has 0 aliphatic carbocycles. The number of aliphatic hydroxyl groups excluding tert-OH is 1. The Morgan fingerprint density at radius 1 is 1.22 bits per heavy atom. The molecule has 0 amide bonds. The van der Waals surface area contributed by atoms with Crippen molar-refractivity contribution in [2.24, 2.45) is 0 Å². The van der Waals surface area contributed by atoms with E-state index in [1.54, 1.807) is 0 Å². The summed E-state index contributed by atoms with van der Waals surface area (Å²) in [5.41, 5.74) is 0.416. The minimum absolute atomic E-state index is 0.113. The number of fused-ring (bicyclic) bond motifs is 1. The number of alkyl halides is 2. The molecule has 1 N–H and O–H groups in total. The van der Waals surface area contributed by atoms with E-state index in [0.29, 0.717) is 22.8 Å². The van der Waals surface area contributed by atoms with Crippen molar-refractivity contribution in [3.8, 4) is 0 Å². The summed E-state index contributed by atoms with van der Waals surface area (Å²) in [6.07, 6.45) is -0.200. The average molecular weight is 326 g/mol. The Kier molecular flexibility index (Phi) is 3.70. The fourth-order valence-corrected chi connectivity index (χ4v) is 2.50. The van der Waals surface area contributed by atoms with Gasteiger partial charge in [0.05, 0.1) is 19.7 Å². The highest BCUT2D eigenvalue weighted by Gasteiger charge is 2.40. The van der Waals surface area contributed by atoms with Crippen LogP contribution in [-0.2, 0) is 12.0 Å². The van der Waals surface area contributed by atoms with E-state index in [-0.39, 0.29) is 38.1 Å². The first-order valence-corrected chi connectivity index (χ1v) is 7.57. The highest BCUT2D eigenvalue weighted by molar-refractivity contribution is 5.82. The van der Waals surface area contributed by atoms with Crippen molar-refractivity contribution in [1.29, 1.82) is 0 Å². The van der Waals surface area contributed by atoms with Crippen molar-refractivity contribution < 1.29 is 13.9 Å². The minimum Gasteiger partial charge on any atom is -0.394 e. The summed E-state index contributed by atoms with van der Waals surface area (Å²) < 4.78 is 27.2. The van der Waals surface area contributed by atoms with E-state index in [2.05, 4.69) is 20.2 Å². The number of nitrogens with zero attached hydrogens (tertiary/aromatic N) is 6. The van der Waals surface area contributed by atoms with Crippen LogP contribution in [0.15, 0.2) is 0 Å². The van der Waals surface area contributed by atoms with Crippen LogP contribution in [0.4, 0.5) is 14.6 Å². The normalized spacial score (nSPS) is 18.1. The summed E-state index contributed by atoms with van der Waals surface area (Å²) in [5, 5.41) is 17.5. The molecule has 1 saturated heterocycles. The van der Waals surface area contributed by atoms with Crippen LogP contribution in [0.3, 0.4) is 0 Å². The second-order valence-corrected chi connectivity index (χ2v) is 6.84. The Bertz CT molecular complexity index is 724. The van der Waals surface area contributed by atoms with Gasteiger partial charge in [-0.15, -0.1) is 10.2 Å². The van der Waals surface area contributed by atoms with Gasteiger partial charge in [-0.2, -0.15) is 4.80 Å². The number of aliphatic hydroxyl groups is 1. The van der Waals surface area contributed by atoms with Gasteiger partial charge in [0.15, 0.2) is 11.3 Å². The molecule has 9 heteroatoms. The van der Waals surface area contributed by atoms with E-state index >= 15 is 0 Å². The number of halogens is 2. The molecule has 7 nitrogen and oxygen atoms in total. The van der Waals surface area contributed by atoms with Gasteiger partial charge in [-0.25, -0.2) is 18.7 Å². The van der Waals surface area contributed by atoms with Gasteiger partial charge in [0, 0.05) is 18.4 Å². The maximum atomic E-state index is 13.6. The molecule has 0 saturated carbocycles. The standard InChI is InChI=1S/C14H20F2N6O/c1-13(2,3)12-17-10-9(19-22(20-10)6-7-23)11(18-12)21-5-4-14(15,16)8-21/h23H,4-8H2,1-3H3. The van der Waals surface area contributed by atoms with E-state index in [4.69, 9.17) is 5.11 Å². The van der Waals surface area contributed by atoms with Crippen molar-refractivity contribution in [1.82, 2.24) is 25.0 Å². The van der Waals surface area contributed by atoms with Crippen LogP contribution >= 0.6 is 0 Å². The lowest BCUT2D eigenvalue weighted by atomic mass is 9.96. The molecule has 2 aromatic heterocycles. The number of anilines is 1. The predicted molar refractivity (Wildman–Crippen MR) is 80.7 cm³/mol. The lowest BCUT2D eigenvalue weighted by molar-refractivity contribution is 0.0257. The summed E-state index contributed by atoms with van der Waals surface area (Å²) in [7, 11) is 0. The van der Waals surface area contributed by atoms with Gasteiger partial charge < -0.3 is 10.0 Å². The summed E-state index contributed by atoms with van der Waals surface area (Å²) >= 11 is 0. The molecule has 3 rings (SSSR count). The molecule has 2 aromatic rings. The molecule has 1 aliphatic rings. The Balaban J connectivity index is 2.13. The summed E-state index contributed by atoms with van der Waals surface area (Å²) in [6, 6.07) is 0. The van der Waals surface area contributed by atoms with Crippen LogP contribution < -0.4 is 4.90 Å². The number of hydrogen-bond donors (Lipinski definition) is 1. The van der Waals surface area contributed by atoms with Crippen molar-refractivity contribution in [2.75, 3.05) is 24.6 Å². The first-order chi connectivity index (χ1) is 10.7. The van der Waals surface area contributed by atoms with Gasteiger partial charge in [0.25, 0.3) is 5.92 Å². The average Bonchev–Trinajstić information content (AvgIpc) is 2.99. The third-order valence-electron chi connectivity index (χ3n) is 3.71. The minimum atomic E-state index is -2.72. The lowest BCUT2D eigenvalue weighted by Gasteiger charge is -2.21. The highest BCUT2D eigenvalue weighted by Crippen LogP contribution is 2.33. The largest absolute Gasteiger partial charge is 0.394 e. The zero-order valence-corrected chi connectivity index (χ0v) is 13.4. The molecule has 126 valence electrons. The van der Waals surface area contributed by atoms with Gasteiger partial charge in [0.2, 0.25) is 5.65 Å². The summed E-state index contributed by atoms with van der Waals surface area (Å²) in [6.45, 7) is 5.80. The van der Waals surface area contributed by atoms with Crippen molar-refractivity contribution in [3.63, 3.8) is 0 Å². The SMILES string of the molecule is CC(C)(C)c1nc(N2CCC(F)(F)C2)c2nn(CCO)nc2n1. The number of rotatable bonds is 3. The number of aromatic nitrogens is 5. The summed E-state index contributed by atoms with van der Waals surface area (Å²) in [5.74, 6) is -1.80. The molecule has 3 heterocycles. The molecule has 0 unspecified atom stereocenters. The predicted octanol–water partition coefficient (Wildman–Crippen LogP) is 1.36. The fraction of sp³-hybridized carbons (Fsp3) is 0.714. The fourth-order valence-electron chi connectivity index (χ4n) is 2.50. The van der Waals surface area contributed by atoms with Crippen molar-refractivity contribution >= 4 is 17.0 Å². The lowest BCUT2D eigenvalue weighted by Crippen LogP contribution is -2.27. The first-order valence-electron chi connectivity index (χ1n) is 7.57. The molecule has 0 atom stereocenters. The molecule has 0 bridgehead atoms. The Morgan fingerprint density at radius 3 is 2.52 bits per heavy atom.